The number of methoxy groups -OCH3 is 1. The van der Waals surface area contributed by atoms with Crippen molar-refractivity contribution in [1.82, 2.24) is 4.90 Å². The molecule has 1 aromatic rings. The first-order chi connectivity index (χ1) is 7.57. The Hall–Kier alpha value is -1.06. The summed E-state index contributed by atoms with van der Waals surface area (Å²) in [6.45, 7) is 0. The maximum Gasteiger partial charge on any atom is 0.118 e. The second-order valence-corrected chi connectivity index (χ2v) is 4.87. The summed E-state index contributed by atoms with van der Waals surface area (Å²) in [4.78, 5) is 2.20. The van der Waals surface area contributed by atoms with Crippen LogP contribution in [0.4, 0.5) is 0 Å². The van der Waals surface area contributed by atoms with Gasteiger partial charge < -0.3 is 15.4 Å². The van der Waals surface area contributed by atoms with E-state index in [1.165, 1.54) is 5.56 Å². The number of likely N-dealkylation sites (N-methyl/N-ethyl adjacent to an activating group) is 1. The van der Waals surface area contributed by atoms with Crippen LogP contribution >= 0.6 is 0 Å². The lowest BCUT2D eigenvalue weighted by Crippen LogP contribution is -2.39. The first-order valence-electron chi connectivity index (χ1n) is 5.66. The zero-order valence-corrected chi connectivity index (χ0v) is 10.2. The largest absolute Gasteiger partial charge is 0.497 e. The smallest absolute Gasteiger partial charge is 0.118 e. The van der Waals surface area contributed by atoms with Gasteiger partial charge in [-0.1, -0.05) is 12.1 Å². The SMILES string of the molecule is COc1ccc(C(N(C)C)C2(N)CC2)cc1. The first-order valence-corrected chi connectivity index (χ1v) is 5.66. The van der Waals surface area contributed by atoms with Crippen molar-refractivity contribution in [1.29, 1.82) is 0 Å². The van der Waals surface area contributed by atoms with E-state index in [2.05, 4.69) is 31.1 Å². The molecule has 1 aliphatic rings. The van der Waals surface area contributed by atoms with Crippen molar-refractivity contribution >= 4 is 0 Å². The molecule has 0 amide bonds. The van der Waals surface area contributed by atoms with Gasteiger partial charge in [0.25, 0.3) is 0 Å². The van der Waals surface area contributed by atoms with E-state index in [1.54, 1.807) is 7.11 Å². The Morgan fingerprint density at radius 2 is 1.81 bits per heavy atom. The van der Waals surface area contributed by atoms with Crippen LogP contribution in [-0.4, -0.2) is 31.6 Å². The molecule has 0 aromatic heterocycles. The summed E-state index contributed by atoms with van der Waals surface area (Å²) in [7, 11) is 5.85. The molecule has 0 radical (unpaired) electrons. The lowest BCUT2D eigenvalue weighted by Gasteiger charge is -2.30. The molecular formula is C13H20N2O. The van der Waals surface area contributed by atoms with E-state index in [4.69, 9.17) is 10.5 Å². The van der Waals surface area contributed by atoms with E-state index in [1.807, 2.05) is 12.1 Å². The molecule has 0 bridgehead atoms. The van der Waals surface area contributed by atoms with Gasteiger partial charge in [0.1, 0.15) is 5.75 Å². The third-order valence-electron chi connectivity index (χ3n) is 3.32. The third-order valence-corrected chi connectivity index (χ3v) is 3.32. The summed E-state index contributed by atoms with van der Waals surface area (Å²) in [5.41, 5.74) is 7.56. The highest BCUT2D eigenvalue weighted by Crippen LogP contribution is 2.46. The van der Waals surface area contributed by atoms with Crippen LogP contribution in [0.5, 0.6) is 5.75 Å². The molecule has 1 aromatic carbocycles. The monoisotopic (exact) mass is 220 g/mol. The van der Waals surface area contributed by atoms with Gasteiger partial charge in [0.2, 0.25) is 0 Å². The van der Waals surface area contributed by atoms with Crippen LogP contribution in [0.1, 0.15) is 24.4 Å². The van der Waals surface area contributed by atoms with Gasteiger partial charge in [0, 0.05) is 5.54 Å². The van der Waals surface area contributed by atoms with Gasteiger partial charge >= 0.3 is 0 Å². The molecule has 3 heteroatoms. The van der Waals surface area contributed by atoms with Crippen LogP contribution in [-0.2, 0) is 0 Å². The lowest BCUT2D eigenvalue weighted by molar-refractivity contribution is 0.245. The predicted molar refractivity (Wildman–Crippen MR) is 65.6 cm³/mol. The van der Waals surface area contributed by atoms with Crippen LogP contribution in [0.3, 0.4) is 0 Å². The molecule has 1 saturated carbocycles. The van der Waals surface area contributed by atoms with Crippen LogP contribution in [0, 0.1) is 0 Å². The number of benzene rings is 1. The Balaban J connectivity index is 2.25. The zero-order valence-electron chi connectivity index (χ0n) is 10.2. The number of ether oxygens (including phenoxy) is 1. The average Bonchev–Trinajstić information content (AvgIpc) is 2.97. The first kappa shape index (κ1) is 11.4. The second-order valence-electron chi connectivity index (χ2n) is 4.87. The minimum absolute atomic E-state index is 0.0297. The molecular weight excluding hydrogens is 200 g/mol. The Kier molecular flexibility index (Phi) is 2.91. The Morgan fingerprint density at radius 1 is 1.25 bits per heavy atom. The molecule has 1 aliphatic carbocycles. The fraction of sp³-hybridized carbons (Fsp3) is 0.538. The normalized spacial score (nSPS) is 19.6. The third kappa shape index (κ3) is 2.06. The number of nitrogens with two attached hydrogens (primary N) is 1. The van der Waals surface area contributed by atoms with Gasteiger partial charge in [0.15, 0.2) is 0 Å². The molecule has 0 aliphatic heterocycles. The van der Waals surface area contributed by atoms with E-state index >= 15 is 0 Å². The van der Waals surface area contributed by atoms with Gasteiger partial charge in [-0.05, 0) is 44.6 Å². The maximum atomic E-state index is 6.32. The van der Waals surface area contributed by atoms with Crippen molar-refractivity contribution in [3.05, 3.63) is 29.8 Å². The predicted octanol–water partition coefficient (Wildman–Crippen LogP) is 1.79. The van der Waals surface area contributed by atoms with E-state index < -0.39 is 0 Å². The summed E-state index contributed by atoms with van der Waals surface area (Å²) < 4.78 is 5.17. The number of hydrogen-bond acceptors (Lipinski definition) is 3. The fourth-order valence-corrected chi connectivity index (χ4v) is 2.35. The van der Waals surface area contributed by atoms with Crippen molar-refractivity contribution in [3.63, 3.8) is 0 Å². The summed E-state index contributed by atoms with van der Waals surface area (Å²) in [6, 6.07) is 8.51. The van der Waals surface area contributed by atoms with Crippen molar-refractivity contribution in [2.75, 3.05) is 21.2 Å². The van der Waals surface area contributed by atoms with Crippen molar-refractivity contribution < 1.29 is 4.74 Å². The van der Waals surface area contributed by atoms with Crippen LogP contribution in [0.25, 0.3) is 0 Å². The van der Waals surface area contributed by atoms with E-state index in [0.717, 1.165) is 18.6 Å². The number of nitrogens with zero attached hydrogens (tertiary/aromatic N) is 1. The number of hydrogen-bond donors (Lipinski definition) is 1. The molecule has 1 fully saturated rings. The van der Waals surface area contributed by atoms with Crippen molar-refractivity contribution in [2.24, 2.45) is 5.73 Å². The second kappa shape index (κ2) is 4.07. The summed E-state index contributed by atoms with van der Waals surface area (Å²) in [5, 5.41) is 0. The van der Waals surface area contributed by atoms with Crippen molar-refractivity contribution in [3.8, 4) is 5.75 Å². The molecule has 1 atom stereocenters. The maximum absolute atomic E-state index is 6.32. The Labute approximate surface area is 97.2 Å². The minimum Gasteiger partial charge on any atom is -0.497 e. The fourth-order valence-electron chi connectivity index (χ4n) is 2.35. The van der Waals surface area contributed by atoms with Crippen LogP contribution < -0.4 is 10.5 Å². The van der Waals surface area contributed by atoms with E-state index in [-0.39, 0.29) is 5.54 Å². The van der Waals surface area contributed by atoms with Gasteiger partial charge in [-0.3, -0.25) is 0 Å². The molecule has 2 N–H and O–H groups in total. The van der Waals surface area contributed by atoms with Gasteiger partial charge in [0.05, 0.1) is 13.2 Å². The molecule has 3 nitrogen and oxygen atoms in total. The zero-order chi connectivity index (χ0) is 11.8. The highest BCUT2D eigenvalue weighted by Gasteiger charge is 2.47. The molecule has 88 valence electrons. The summed E-state index contributed by atoms with van der Waals surface area (Å²) in [6.07, 6.45) is 2.23. The lowest BCUT2D eigenvalue weighted by atomic mass is 9.97. The van der Waals surface area contributed by atoms with Crippen LogP contribution in [0.15, 0.2) is 24.3 Å². The molecule has 16 heavy (non-hydrogen) atoms. The molecule has 0 saturated heterocycles. The highest BCUT2D eigenvalue weighted by molar-refractivity contribution is 5.32. The minimum atomic E-state index is -0.0297. The van der Waals surface area contributed by atoms with Crippen molar-refractivity contribution in [2.45, 2.75) is 24.4 Å². The highest BCUT2D eigenvalue weighted by atomic mass is 16.5. The standard InChI is InChI=1S/C13H20N2O/c1-15(2)12(13(14)8-9-13)10-4-6-11(16-3)7-5-10/h4-7,12H,8-9,14H2,1-3H3. The van der Waals surface area contributed by atoms with E-state index in [9.17, 15) is 0 Å². The quantitative estimate of drug-likeness (QED) is 0.840. The average molecular weight is 220 g/mol. The molecule has 1 unspecified atom stereocenters. The molecule has 0 spiro atoms. The Morgan fingerprint density at radius 3 is 2.19 bits per heavy atom. The summed E-state index contributed by atoms with van der Waals surface area (Å²) in [5.74, 6) is 0.892. The molecule has 0 heterocycles. The van der Waals surface area contributed by atoms with Gasteiger partial charge in [-0.25, -0.2) is 0 Å². The van der Waals surface area contributed by atoms with Gasteiger partial charge in [-0.2, -0.15) is 0 Å². The summed E-state index contributed by atoms with van der Waals surface area (Å²) >= 11 is 0. The molecule has 2 rings (SSSR count). The van der Waals surface area contributed by atoms with Crippen LogP contribution in [0.2, 0.25) is 0 Å². The van der Waals surface area contributed by atoms with Gasteiger partial charge in [-0.15, -0.1) is 0 Å². The van der Waals surface area contributed by atoms with E-state index in [0.29, 0.717) is 6.04 Å². The topological polar surface area (TPSA) is 38.5 Å². The number of rotatable bonds is 4. The Bertz CT molecular complexity index is 355.